The smallest absolute Gasteiger partial charge is 0.136 e. The van der Waals surface area contributed by atoms with Crippen molar-refractivity contribution in [1.82, 2.24) is 0 Å². The van der Waals surface area contributed by atoms with Crippen LogP contribution in [0.15, 0.2) is 12.2 Å². The Kier molecular flexibility index (Phi) is 1.47. The molecule has 0 heterocycles. The van der Waals surface area contributed by atoms with Crippen LogP contribution in [-0.4, -0.2) is 5.78 Å². The molecule has 3 atom stereocenters. The topological polar surface area (TPSA) is 17.1 Å². The number of rotatable bonds is 0. The van der Waals surface area contributed by atoms with Gasteiger partial charge < -0.3 is 0 Å². The van der Waals surface area contributed by atoms with Crippen molar-refractivity contribution in [3.8, 4) is 0 Å². The average Bonchev–Trinajstić information content (AvgIpc) is 2.68. The minimum absolute atomic E-state index is 0.407. The number of carbonyl (C=O) groups excluding carboxylic acids is 1. The van der Waals surface area contributed by atoms with E-state index in [2.05, 4.69) is 12.2 Å². The molecule has 2 fully saturated rings. The van der Waals surface area contributed by atoms with Crippen LogP contribution in [0.2, 0.25) is 0 Å². The van der Waals surface area contributed by atoms with Crippen molar-refractivity contribution >= 4 is 5.78 Å². The molecule has 0 bridgehead atoms. The molecule has 3 aliphatic carbocycles. The minimum atomic E-state index is 0.407. The van der Waals surface area contributed by atoms with Crippen molar-refractivity contribution < 1.29 is 4.79 Å². The SMILES string of the molecule is O=C1CCC23CCCC2C=CCC13. The van der Waals surface area contributed by atoms with Gasteiger partial charge in [-0.2, -0.15) is 0 Å². The standard InChI is InChI=1S/C12H16O/c13-11-6-8-12-7-2-4-9(12)3-1-5-10(11)12/h1,3,9-10H,2,4-8H2. The van der Waals surface area contributed by atoms with Crippen LogP contribution in [0, 0.1) is 17.3 Å². The van der Waals surface area contributed by atoms with Crippen molar-refractivity contribution in [3.05, 3.63) is 12.2 Å². The van der Waals surface area contributed by atoms with Crippen LogP contribution in [0.4, 0.5) is 0 Å². The molecule has 3 aliphatic rings. The normalized spacial score (nSPS) is 47.8. The first-order chi connectivity index (χ1) is 6.33. The minimum Gasteiger partial charge on any atom is -0.299 e. The molecule has 70 valence electrons. The van der Waals surface area contributed by atoms with E-state index in [4.69, 9.17) is 0 Å². The zero-order chi connectivity index (χ0) is 8.89. The zero-order valence-electron chi connectivity index (χ0n) is 7.96. The van der Waals surface area contributed by atoms with Gasteiger partial charge >= 0.3 is 0 Å². The van der Waals surface area contributed by atoms with Crippen molar-refractivity contribution in [2.45, 2.75) is 38.5 Å². The maximum atomic E-state index is 11.7. The molecular weight excluding hydrogens is 160 g/mol. The maximum Gasteiger partial charge on any atom is 0.136 e. The third-order valence-corrected chi connectivity index (χ3v) is 4.56. The molecule has 0 saturated heterocycles. The Bertz CT molecular complexity index is 279. The van der Waals surface area contributed by atoms with Crippen molar-refractivity contribution in [1.29, 1.82) is 0 Å². The van der Waals surface area contributed by atoms with Crippen LogP contribution in [0.25, 0.3) is 0 Å². The predicted octanol–water partition coefficient (Wildman–Crippen LogP) is 2.71. The summed E-state index contributed by atoms with van der Waals surface area (Å²) in [5.41, 5.74) is 0.436. The first-order valence-electron chi connectivity index (χ1n) is 5.52. The molecule has 0 aromatic carbocycles. The Morgan fingerprint density at radius 2 is 2.31 bits per heavy atom. The molecule has 0 N–H and O–H groups in total. The highest BCUT2D eigenvalue weighted by Gasteiger charge is 2.54. The zero-order valence-corrected chi connectivity index (χ0v) is 7.96. The second-order valence-electron chi connectivity index (χ2n) is 4.91. The molecule has 2 saturated carbocycles. The summed E-state index contributed by atoms with van der Waals surface area (Å²) in [7, 11) is 0. The molecule has 3 unspecified atom stereocenters. The molecular formula is C12H16O. The van der Waals surface area contributed by atoms with Crippen LogP contribution in [0.1, 0.15) is 38.5 Å². The Morgan fingerprint density at radius 3 is 3.23 bits per heavy atom. The Morgan fingerprint density at radius 1 is 1.38 bits per heavy atom. The van der Waals surface area contributed by atoms with E-state index in [1.807, 2.05) is 0 Å². The fourth-order valence-electron chi connectivity index (χ4n) is 3.92. The van der Waals surface area contributed by atoms with Gasteiger partial charge in [-0.15, -0.1) is 0 Å². The van der Waals surface area contributed by atoms with E-state index >= 15 is 0 Å². The van der Waals surface area contributed by atoms with Gasteiger partial charge in [0.1, 0.15) is 5.78 Å². The highest BCUT2D eigenvalue weighted by molar-refractivity contribution is 5.84. The first-order valence-corrected chi connectivity index (χ1v) is 5.52. The summed E-state index contributed by atoms with van der Waals surface area (Å²) in [5.74, 6) is 1.71. The third kappa shape index (κ3) is 0.853. The van der Waals surface area contributed by atoms with Crippen LogP contribution in [0.3, 0.4) is 0 Å². The maximum absolute atomic E-state index is 11.7. The Labute approximate surface area is 79.2 Å². The average molecular weight is 176 g/mol. The van der Waals surface area contributed by atoms with Gasteiger partial charge in [-0.25, -0.2) is 0 Å². The van der Waals surface area contributed by atoms with Gasteiger partial charge in [0.25, 0.3) is 0 Å². The molecule has 1 nitrogen and oxygen atoms in total. The van der Waals surface area contributed by atoms with Gasteiger partial charge in [-0.1, -0.05) is 18.6 Å². The molecule has 3 rings (SSSR count). The number of Topliss-reactive ketones (excluding diaryl/α,β-unsaturated/α-hetero) is 1. The predicted molar refractivity (Wildman–Crippen MR) is 51.3 cm³/mol. The number of hydrogen-bond donors (Lipinski definition) is 0. The lowest BCUT2D eigenvalue weighted by atomic mass is 9.66. The number of ketones is 1. The van der Waals surface area contributed by atoms with Gasteiger partial charge in [0, 0.05) is 12.3 Å². The quantitative estimate of drug-likeness (QED) is 0.519. The van der Waals surface area contributed by atoms with Crippen molar-refractivity contribution in [2.75, 3.05) is 0 Å². The summed E-state index contributed by atoms with van der Waals surface area (Å²) < 4.78 is 0. The van der Waals surface area contributed by atoms with Gasteiger partial charge in [-0.3, -0.25) is 4.79 Å². The Balaban J connectivity index is 2.05. The van der Waals surface area contributed by atoms with E-state index < -0.39 is 0 Å². The van der Waals surface area contributed by atoms with E-state index in [9.17, 15) is 4.79 Å². The van der Waals surface area contributed by atoms with Crippen LogP contribution in [-0.2, 0) is 4.79 Å². The second-order valence-corrected chi connectivity index (χ2v) is 4.91. The summed E-state index contributed by atoms with van der Waals surface area (Å²) in [6.07, 6.45) is 11.7. The van der Waals surface area contributed by atoms with Gasteiger partial charge in [0.15, 0.2) is 0 Å². The van der Waals surface area contributed by atoms with Crippen LogP contribution < -0.4 is 0 Å². The van der Waals surface area contributed by atoms with Crippen molar-refractivity contribution in [3.63, 3.8) is 0 Å². The first kappa shape index (κ1) is 7.78. The molecule has 0 aliphatic heterocycles. The molecule has 0 amide bonds. The van der Waals surface area contributed by atoms with Crippen LogP contribution in [0.5, 0.6) is 0 Å². The molecule has 13 heavy (non-hydrogen) atoms. The molecule has 1 spiro atoms. The fraction of sp³-hybridized carbons (Fsp3) is 0.750. The van der Waals surface area contributed by atoms with E-state index in [-0.39, 0.29) is 0 Å². The molecule has 0 radical (unpaired) electrons. The Hall–Kier alpha value is -0.590. The lowest BCUT2D eigenvalue weighted by Crippen LogP contribution is -2.33. The van der Waals surface area contributed by atoms with Gasteiger partial charge in [-0.05, 0) is 37.0 Å². The van der Waals surface area contributed by atoms with Gasteiger partial charge in [0.2, 0.25) is 0 Å². The highest BCUT2D eigenvalue weighted by atomic mass is 16.1. The van der Waals surface area contributed by atoms with E-state index in [1.54, 1.807) is 0 Å². The van der Waals surface area contributed by atoms with E-state index in [0.717, 1.165) is 18.8 Å². The van der Waals surface area contributed by atoms with Crippen molar-refractivity contribution in [2.24, 2.45) is 17.3 Å². The monoisotopic (exact) mass is 176 g/mol. The van der Waals surface area contributed by atoms with Gasteiger partial charge in [0.05, 0.1) is 0 Å². The summed E-state index contributed by atoms with van der Waals surface area (Å²) in [6, 6.07) is 0. The summed E-state index contributed by atoms with van der Waals surface area (Å²) >= 11 is 0. The van der Waals surface area contributed by atoms with Crippen LogP contribution >= 0.6 is 0 Å². The molecule has 0 aromatic rings. The third-order valence-electron chi connectivity index (χ3n) is 4.56. The van der Waals surface area contributed by atoms with E-state index in [1.165, 1.54) is 25.7 Å². The number of allylic oxidation sites excluding steroid dienone is 2. The lowest BCUT2D eigenvalue weighted by molar-refractivity contribution is -0.122. The number of carbonyl (C=O) groups is 1. The second kappa shape index (κ2) is 2.46. The largest absolute Gasteiger partial charge is 0.299 e. The fourth-order valence-corrected chi connectivity index (χ4v) is 3.92. The summed E-state index contributed by atoms with van der Waals surface area (Å²) in [6.45, 7) is 0. The molecule has 1 heteroatoms. The van der Waals surface area contributed by atoms with E-state index in [0.29, 0.717) is 17.1 Å². The summed E-state index contributed by atoms with van der Waals surface area (Å²) in [4.78, 5) is 11.7. The molecule has 0 aromatic heterocycles. The number of hydrogen-bond acceptors (Lipinski definition) is 1. The highest BCUT2D eigenvalue weighted by Crippen LogP contribution is 2.59. The lowest BCUT2D eigenvalue weighted by Gasteiger charge is -2.37. The summed E-state index contributed by atoms with van der Waals surface area (Å²) in [5, 5.41) is 0.